The maximum atomic E-state index is 13.2. The predicted octanol–water partition coefficient (Wildman–Crippen LogP) is 4.28. The van der Waals surface area contributed by atoms with Crippen LogP contribution in [0.2, 0.25) is 0 Å². The number of aromatic nitrogens is 4. The van der Waals surface area contributed by atoms with Crippen molar-refractivity contribution in [3.05, 3.63) is 102 Å². The molecular weight excluding hydrogens is 402 g/mol. The molecule has 32 heavy (non-hydrogen) atoms. The maximum absolute atomic E-state index is 13.2. The Labute approximate surface area is 183 Å². The van der Waals surface area contributed by atoms with E-state index in [1.165, 1.54) is 6.08 Å². The second-order valence-corrected chi connectivity index (χ2v) is 7.29. The normalized spacial score (nSPS) is 12.8. The molecule has 1 aliphatic rings. The van der Waals surface area contributed by atoms with Gasteiger partial charge in [-0.1, -0.05) is 29.8 Å². The van der Waals surface area contributed by atoms with Crippen LogP contribution >= 0.6 is 0 Å². The third kappa shape index (κ3) is 3.56. The molecule has 0 atom stereocenters. The molecule has 7 heteroatoms. The largest absolute Gasteiger partial charge is 0.352 e. The first-order valence-electron chi connectivity index (χ1n) is 9.99. The number of carbonyl (C=O) groups excluding carboxylic acids is 2. The van der Waals surface area contributed by atoms with Gasteiger partial charge >= 0.3 is 0 Å². The quantitative estimate of drug-likeness (QED) is 0.527. The van der Waals surface area contributed by atoms with E-state index in [0.29, 0.717) is 28.5 Å². The van der Waals surface area contributed by atoms with Crippen molar-refractivity contribution in [1.82, 2.24) is 19.9 Å². The molecule has 5 rings (SSSR count). The van der Waals surface area contributed by atoms with Gasteiger partial charge in [-0.15, -0.1) is 0 Å². The number of ketones is 2. The van der Waals surface area contributed by atoms with Crippen LogP contribution in [0.1, 0.15) is 26.5 Å². The van der Waals surface area contributed by atoms with Gasteiger partial charge in [-0.05, 0) is 43.3 Å². The first-order valence-corrected chi connectivity index (χ1v) is 9.99. The summed E-state index contributed by atoms with van der Waals surface area (Å²) < 4.78 is 0. The Balaban J connectivity index is 1.63. The number of Topliss-reactive ketones (excluding diaryl/α,β-unsaturated/α-hetero) is 1. The summed E-state index contributed by atoms with van der Waals surface area (Å²) in [6, 6.07) is 18.3. The van der Waals surface area contributed by atoms with Gasteiger partial charge in [-0.25, -0.2) is 9.97 Å². The standard InChI is InChI=1S/C25H17N5O2/c1-15-8-10-16(11-9-15)28-19-14-20(31)23-24(25(19)32)30-22(18-7-3-5-13-27-18)21(29-23)17-6-2-4-12-26-17/h2-14,28H,1H3. The van der Waals surface area contributed by atoms with Crippen LogP contribution in [0.3, 0.4) is 0 Å². The van der Waals surface area contributed by atoms with Gasteiger partial charge in [0.2, 0.25) is 11.6 Å². The average molecular weight is 419 g/mol. The average Bonchev–Trinajstić information content (AvgIpc) is 2.84. The van der Waals surface area contributed by atoms with Crippen molar-refractivity contribution in [3.8, 4) is 22.8 Å². The summed E-state index contributed by atoms with van der Waals surface area (Å²) in [5, 5.41) is 3.03. The zero-order valence-corrected chi connectivity index (χ0v) is 17.1. The van der Waals surface area contributed by atoms with Crippen LogP contribution in [0.5, 0.6) is 0 Å². The topological polar surface area (TPSA) is 97.7 Å². The number of nitrogens with zero attached hydrogens (tertiary/aromatic N) is 4. The minimum atomic E-state index is -0.405. The fraction of sp³-hybridized carbons (Fsp3) is 0.0400. The molecule has 154 valence electrons. The third-order valence-corrected chi connectivity index (χ3v) is 5.01. The molecule has 0 bridgehead atoms. The first-order chi connectivity index (χ1) is 15.6. The second kappa shape index (κ2) is 7.96. The van der Waals surface area contributed by atoms with Gasteiger partial charge in [0.1, 0.15) is 22.8 Å². The highest BCUT2D eigenvalue weighted by Crippen LogP contribution is 2.30. The van der Waals surface area contributed by atoms with Crippen LogP contribution in [-0.2, 0) is 0 Å². The summed E-state index contributed by atoms with van der Waals surface area (Å²) in [6.45, 7) is 1.97. The van der Waals surface area contributed by atoms with Gasteiger partial charge in [0.15, 0.2) is 0 Å². The van der Waals surface area contributed by atoms with Gasteiger partial charge < -0.3 is 5.32 Å². The summed E-state index contributed by atoms with van der Waals surface area (Å²) >= 11 is 0. The number of rotatable bonds is 4. The highest BCUT2D eigenvalue weighted by atomic mass is 16.1. The van der Waals surface area contributed by atoms with Crippen LogP contribution in [0.15, 0.2) is 84.8 Å². The van der Waals surface area contributed by atoms with Gasteiger partial charge in [-0.3, -0.25) is 19.6 Å². The zero-order valence-electron chi connectivity index (χ0n) is 17.1. The lowest BCUT2D eigenvalue weighted by Gasteiger charge is -2.18. The Kier molecular flexibility index (Phi) is 4.84. The van der Waals surface area contributed by atoms with E-state index in [0.717, 1.165) is 5.56 Å². The molecule has 3 heterocycles. The lowest BCUT2D eigenvalue weighted by Crippen LogP contribution is -2.25. The molecule has 0 saturated carbocycles. The van der Waals surface area contributed by atoms with Crippen LogP contribution in [-0.4, -0.2) is 31.5 Å². The molecule has 0 amide bonds. The number of benzene rings is 1. The smallest absolute Gasteiger partial charge is 0.230 e. The fourth-order valence-electron chi connectivity index (χ4n) is 3.41. The Morgan fingerprint density at radius 2 is 1.28 bits per heavy atom. The molecule has 0 radical (unpaired) electrons. The van der Waals surface area contributed by atoms with E-state index in [2.05, 4.69) is 25.3 Å². The monoisotopic (exact) mass is 419 g/mol. The van der Waals surface area contributed by atoms with E-state index in [-0.39, 0.29) is 17.1 Å². The van der Waals surface area contributed by atoms with Gasteiger partial charge in [-0.2, -0.15) is 0 Å². The van der Waals surface area contributed by atoms with Crippen LogP contribution < -0.4 is 5.32 Å². The Morgan fingerprint density at radius 1 is 0.688 bits per heavy atom. The molecule has 0 saturated heterocycles. The predicted molar refractivity (Wildman–Crippen MR) is 120 cm³/mol. The summed E-state index contributed by atoms with van der Waals surface area (Å²) in [6.07, 6.45) is 4.53. The van der Waals surface area contributed by atoms with Gasteiger partial charge in [0.05, 0.1) is 17.1 Å². The van der Waals surface area contributed by atoms with Crippen molar-refractivity contribution < 1.29 is 9.59 Å². The summed E-state index contributed by atoms with van der Waals surface area (Å²) in [4.78, 5) is 44.0. The van der Waals surface area contributed by atoms with Crippen molar-refractivity contribution in [2.75, 3.05) is 5.32 Å². The van der Waals surface area contributed by atoms with E-state index in [1.807, 2.05) is 43.3 Å². The van der Waals surface area contributed by atoms with E-state index in [1.54, 1.807) is 36.7 Å². The second-order valence-electron chi connectivity index (χ2n) is 7.29. The molecule has 0 spiro atoms. The molecule has 0 fully saturated rings. The number of nitrogens with one attached hydrogen (secondary N) is 1. The Bertz CT molecular complexity index is 1370. The van der Waals surface area contributed by atoms with E-state index >= 15 is 0 Å². The fourth-order valence-corrected chi connectivity index (χ4v) is 3.41. The van der Waals surface area contributed by atoms with Crippen molar-refractivity contribution in [1.29, 1.82) is 0 Å². The zero-order chi connectivity index (χ0) is 22.1. The van der Waals surface area contributed by atoms with Crippen molar-refractivity contribution in [2.45, 2.75) is 6.92 Å². The van der Waals surface area contributed by atoms with Crippen LogP contribution in [0.4, 0.5) is 5.69 Å². The number of allylic oxidation sites excluding steroid dienone is 2. The molecular formula is C25H17N5O2. The Morgan fingerprint density at radius 3 is 1.84 bits per heavy atom. The van der Waals surface area contributed by atoms with Gasteiger partial charge in [0, 0.05) is 24.2 Å². The van der Waals surface area contributed by atoms with Crippen molar-refractivity contribution in [3.63, 3.8) is 0 Å². The lowest BCUT2D eigenvalue weighted by atomic mass is 9.99. The SMILES string of the molecule is Cc1ccc(NC2=CC(=O)c3nc(-c4ccccn4)c(-c4ccccn4)nc3C2=O)cc1. The molecule has 0 unspecified atom stereocenters. The number of aryl methyl sites for hydroxylation is 1. The minimum absolute atomic E-state index is 0.00444. The highest BCUT2D eigenvalue weighted by Gasteiger charge is 2.31. The lowest BCUT2D eigenvalue weighted by molar-refractivity contribution is 0.0978. The van der Waals surface area contributed by atoms with Crippen LogP contribution in [0.25, 0.3) is 22.8 Å². The maximum Gasteiger partial charge on any atom is 0.230 e. The van der Waals surface area contributed by atoms with E-state index in [4.69, 9.17) is 0 Å². The number of hydrogen-bond donors (Lipinski definition) is 1. The number of fused-ring (bicyclic) bond motifs is 1. The van der Waals surface area contributed by atoms with E-state index < -0.39 is 11.6 Å². The number of carbonyl (C=O) groups is 2. The number of pyridine rings is 2. The van der Waals surface area contributed by atoms with Crippen molar-refractivity contribution >= 4 is 17.3 Å². The first kappa shape index (κ1) is 19.4. The van der Waals surface area contributed by atoms with Gasteiger partial charge in [0.25, 0.3) is 0 Å². The highest BCUT2D eigenvalue weighted by molar-refractivity contribution is 6.24. The minimum Gasteiger partial charge on any atom is -0.352 e. The van der Waals surface area contributed by atoms with Crippen LogP contribution in [0, 0.1) is 6.92 Å². The Hall–Kier alpha value is -4.52. The summed E-state index contributed by atoms with van der Waals surface area (Å²) in [5.41, 5.74) is 3.80. The molecule has 1 aliphatic carbocycles. The summed E-state index contributed by atoms with van der Waals surface area (Å²) in [7, 11) is 0. The van der Waals surface area contributed by atoms with E-state index in [9.17, 15) is 9.59 Å². The summed E-state index contributed by atoms with van der Waals surface area (Å²) in [5.74, 6) is -0.802. The number of hydrogen-bond acceptors (Lipinski definition) is 7. The molecule has 1 N–H and O–H groups in total. The molecule has 7 nitrogen and oxygen atoms in total. The number of anilines is 1. The molecule has 1 aromatic carbocycles. The molecule has 4 aromatic rings. The van der Waals surface area contributed by atoms with Crippen molar-refractivity contribution in [2.24, 2.45) is 0 Å². The third-order valence-electron chi connectivity index (χ3n) is 5.01. The molecule has 0 aliphatic heterocycles. The molecule has 3 aromatic heterocycles.